The van der Waals surface area contributed by atoms with Gasteiger partial charge in [-0.3, -0.25) is 5.84 Å². The van der Waals surface area contributed by atoms with E-state index in [0.29, 0.717) is 37.9 Å². The Bertz CT molecular complexity index is 1380. The predicted molar refractivity (Wildman–Crippen MR) is 137 cm³/mol. The van der Waals surface area contributed by atoms with E-state index in [-0.39, 0.29) is 25.3 Å². The van der Waals surface area contributed by atoms with Crippen LogP contribution >= 0.6 is 15.9 Å². The summed E-state index contributed by atoms with van der Waals surface area (Å²) in [6, 6.07) is 9.97. The van der Waals surface area contributed by atoms with Crippen LogP contribution in [0.5, 0.6) is 5.75 Å². The molecule has 0 unspecified atom stereocenters. The predicted octanol–water partition coefficient (Wildman–Crippen LogP) is 3.53. The molecule has 0 amide bonds. The van der Waals surface area contributed by atoms with E-state index < -0.39 is 26.7 Å². The highest BCUT2D eigenvalue weighted by Crippen LogP contribution is 2.31. The van der Waals surface area contributed by atoms with E-state index in [2.05, 4.69) is 32.8 Å². The molecule has 0 saturated carbocycles. The molecule has 0 radical (unpaired) electrons. The Hall–Kier alpha value is -3.17. The number of hydrogen-bond acceptors (Lipinski definition) is 8. The van der Waals surface area contributed by atoms with E-state index in [9.17, 15) is 26.7 Å². The average molecular weight is 601 g/mol. The molecule has 1 aliphatic heterocycles. The fourth-order valence-electron chi connectivity index (χ4n) is 3.28. The maximum atomic E-state index is 13.0. The van der Waals surface area contributed by atoms with Gasteiger partial charge in [0.1, 0.15) is 11.6 Å². The molecule has 0 fully saturated rings. The molecule has 0 atom stereocenters. The summed E-state index contributed by atoms with van der Waals surface area (Å²) in [7, 11) is -4.35. The molecule has 9 nitrogen and oxygen atoms in total. The van der Waals surface area contributed by atoms with Crippen molar-refractivity contribution in [2.45, 2.75) is 17.5 Å². The number of para-hydroxylation sites is 1. The molecular weight excluding hydrogens is 577 g/mol. The molecule has 14 heteroatoms. The van der Waals surface area contributed by atoms with Gasteiger partial charge in [0.25, 0.3) is 10.0 Å². The van der Waals surface area contributed by atoms with Crippen molar-refractivity contribution in [3.05, 3.63) is 94.5 Å². The minimum atomic E-state index is -4.69. The number of aliphatic imine (C=N–C) groups is 1. The second-order valence-electron chi connectivity index (χ2n) is 7.71. The Morgan fingerprint density at radius 1 is 1.24 bits per heavy atom. The summed E-state index contributed by atoms with van der Waals surface area (Å²) in [6.07, 6.45) is -1.41. The Labute approximate surface area is 220 Å². The number of alkyl halides is 3. The molecule has 0 saturated heterocycles. The quantitative estimate of drug-likeness (QED) is 0.196. The van der Waals surface area contributed by atoms with E-state index in [1.807, 2.05) is 0 Å². The van der Waals surface area contributed by atoms with Gasteiger partial charge in [0.15, 0.2) is 5.82 Å². The van der Waals surface area contributed by atoms with Crippen LogP contribution in [0.2, 0.25) is 0 Å². The Balaban J connectivity index is 1.72. The summed E-state index contributed by atoms with van der Waals surface area (Å²) >= 11 is 3.34. The number of hydrazine groups is 2. The van der Waals surface area contributed by atoms with Gasteiger partial charge in [0.05, 0.1) is 20.7 Å². The van der Waals surface area contributed by atoms with Crippen molar-refractivity contribution in [1.29, 1.82) is 0 Å². The number of phenols is 1. The molecule has 6 N–H and O–H groups in total. The molecule has 1 heterocycles. The lowest BCUT2D eigenvalue weighted by Crippen LogP contribution is -2.41. The van der Waals surface area contributed by atoms with Crippen LogP contribution in [0.25, 0.3) is 0 Å². The zero-order valence-electron chi connectivity index (χ0n) is 19.3. The number of hydrogen-bond donors (Lipinski definition) is 4. The molecule has 1 aliphatic rings. The number of nitrogens with two attached hydrogens (primary N) is 2. The van der Waals surface area contributed by atoms with E-state index in [0.717, 1.165) is 18.2 Å². The lowest BCUT2D eigenvalue weighted by molar-refractivity contribution is -0.137. The summed E-state index contributed by atoms with van der Waals surface area (Å²) in [5, 5.41) is 14.5. The molecule has 37 heavy (non-hydrogen) atoms. The first-order valence-electron chi connectivity index (χ1n) is 10.7. The molecule has 2 aromatic carbocycles. The van der Waals surface area contributed by atoms with Crippen molar-refractivity contribution in [2.24, 2.45) is 16.7 Å². The van der Waals surface area contributed by atoms with Crippen LogP contribution in [-0.4, -0.2) is 41.7 Å². The lowest BCUT2D eigenvalue weighted by Gasteiger charge is -2.28. The number of nitrogens with one attached hydrogen (secondary N) is 1. The molecule has 0 spiro atoms. The van der Waals surface area contributed by atoms with Gasteiger partial charge in [-0.05, 0) is 52.7 Å². The largest absolute Gasteiger partial charge is 0.507 e. The molecule has 0 aliphatic carbocycles. The van der Waals surface area contributed by atoms with Crippen LogP contribution in [0, 0.1) is 0 Å². The third kappa shape index (κ3) is 6.59. The second kappa shape index (κ2) is 11.5. The van der Waals surface area contributed by atoms with Gasteiger partial charge in [0, 0.05) is 24.7 Å². The number of allylic oxidation sites excluding steroid dienone is 3. The van der Waals surface area contributed by atoms with Crippen molar-refractivity contribution in [3.63, 3.8) is 0 Å². The first kappa shape index (κ1) is 28.4. The van der Waals surface area contributed by atoms with Gasteiger partial charge in [-0.25, -0.2) is 24.3 Å². The van der Waals surface area contributed by atoms with Crippen LogP contribution in [-0.2, 0) is 16.2 Å². The summed E-state index contributed by atoms with van der Waals surface area (Å²) < 4.78 is 65.2. The molecule has 3 rings (SSSR count). The highest BCUT2D eigenvalue weighted by molar-refractivity contribution is 9.11. The number of aromatic hydroxyl groups is 1. The summed E-state index contributed by atoms with van der Waals surface area (Å²) in [5.74, 6) is 12.6. The van der Waals surface area contributed by atoms with Crippen molar-refractivity contribution in [3.8, 4) is 5.75 Å². The van der Waals surface area contributed by atoms with E-state index in [1.54, 1.807) is 24.3 Å². The monoisotopic (exact) mass is 600 g/mol. The average Bonchev–Trinajstić information content (AvgIpc) is 2.86. The van der Waals surface area contributed by atoms with E-state index >= 15 is 0 Å². The van der Waals surface area contributed by atoms with Crippen molar-refractivity contribution in [2.75, 3.05) is 13.1 Å². The highest BCUT2D eigenvalue weighted by Gasteiger charge is 2.32. The molecule has 0 bridgehead atoms. The lowest BCUT2D eigenvalue weighted by atomic mass is 10.1. The van der Waals surface area contributed by atoms with Crippen LogP contribution in [0.1, 0.15) is 17.5 Å². The Morgan fingerprint density at radius 2 is 1.95 bits per heavy atom. The topological polar surface area (TPSA) is 137 Å². The Morgan fingerprint density at radius 3 is 2.59 bits per heavy atom. The van der Waals surface area contributed by atoms with Gasteiger partial charge in [-0.15, -0.1) is 4.41 Å². The number of sulfonamides is 1. The van der Waals surface area contributed by atoms with Crippen LogP contribution < -0.4 is 17.0 Å². The first-order chi connectivity index (χ1) is 17.4. The molecule has 198 valence electrons. The number of rotatable bonds is 9. The molecule has 2 aromatic rings. The first-order valence-corrected chi connectivity index (χ1v) is 12.9. The maximum absolute atomic E-state index is 13.0. The normalized spacial score (nSPS) is 15.8. The molecular formula is C23H24BrF3N6O3S. The number of nitrogens with zero attached hydrogens (tertiary/aromatic N) is 3. The van der Waals surface area contributed by atoms with E-state index in [1.165, 1.54) is 17.2 Å². The van der Waals surface area contributed by atoms with Crippen molar-refractivity contribution < 1.29 is 26.7 Å². The van der Waals surface area contributed by atoms with Gasteiger partial charge in [0.2, 0.25) is 0 Å². The number of benzene rings is 2. The third-order valence-electron chi connectivity index (χ3n) is 5.19. The fourth-order valence-corrected chi connectivity index (χ4v) is 4.72. The Kier molecular flexibility index (Phi) is 8.81. The maximum Gasteiger partial charge on any atom is 0.416 e. The van der Waals surface area contributed by atoms with Gasteiger partial charge >= 0.3 is 6.18 Å². The minimum Gasteiger partial charge on any atom is -0.507 e. The minimum absolute atomic E-state index is 0.00923. The summed E-state index contributed by atoms with van der Waals surface area (Å²) in [4.78, 5) is 3.92. The summed E-state index contributed by atoms with van der Waals surface area (Å²) in [5.41, 5.74) is -0.229. The zero-order chi connectivity index (χ0) is 27.4. The van der Waals surface area contributed by atoms with Crippen LogP contribution in [0.4, 0.5) is 13.2 Å². The summed E-state index contributed by atoms with van der Waals surface area (Å²) in [6.45, 7) is 3.69. The SMILES string of the molecule is C=C/C(Br)=C1/N=C(c2ccccc2O)C=C(NCCCN(N)S(=O)(=O)c2cccc(C(F)(F)F)c2)N1N. The zero-order valence-corrected chi connectivity index (χ0v) is 21.7. The van der Waals surface area contributed by atoms with Crippen LogP contribution in [0.15, 0.2) is 93.3 Å². The standard InChI is InChI=1S/C23H24BrF3N6O3S/c1-2-18(24)22-31-19(17-9-3-4-10-20(17)34)14-21(33(22)29)30-11-6-12-32(28)37(35,36)16-8-5-7-15(13-16)23(25,26)27/h2-5,7-10,13-14,30,34H,1,6,11-12,28-29H2/b22-18+. The smallest absolute Gasteiger partial charge is 0.416 e. The second-order valence-corrected chi connectivity index (χ2v) is 10.5. The van der Waals surface area contributed by atoms with Gasteiger partial charge in [-0.1, -0.05) is 30.9 Å². The number of phenolic OH excluding ortho intramolecular Hbond substituents is 1. The van der Waals surface area contributed by atoms with Crippen LogP contribution in [0.3, 0.4) is 0 Å². The number of halogens is 4. The third-order valence-corrected chi connectivity index (χ3v) is 7.52. The highest BCUT2D eigenvalue weighted by atomic mass is 79.9. The van der Waals surface area contributed by atoms with Gasteiger partial charge in [-0.2, -0.15) is 13.2 Å². The fraction of sp³-hybridized carbons (Fsp3) is 0.174. The molecule has 0 aromatic heterocycles. The van der Waals surface area contributed by atoms with E-state index in [4.69, 9.17) is 11.7 Å². The van der Waals surface area contributed by atoms with Crippen molar-refractivity contribution >= 4 is 31.7 Å². The van der Waals surface area contributed by atoms with Crippen molar-refractivity contribution in [1.82, 2.24) is 14.7 Å². The van der Waals surface area contributed by atoms with Gasteiger partial charge < -0.3 is 10.4 Å².